The number of carbonyl (C=O) groups is 1. The van der Waals surface area contributed by atoms with Crippen LogP contribution < -0.4 is 14.9 Å². The lowest BCUT2D eigenvalue weighted by Crippen LogP contribution is -2.39. The Bertz CT molecular complexity index is 2030. The smallest absolute Gasteiger partial charge is 0.338 e. The fourth-order valence-corrected chi connectivity index (χ4v) is 6.28. The highest BCUT2D eigenvalue weighted by Crippen LogP contribution is 2.36. The molecule has 42 heavy (non-hydrogen) atoms. The van der Waals surface area contributed by atoms with Crippen molar-refractivity contribution in [2.45, 2.75) is 13.0 Å². The Hall–Kier alpha value is -3.88. The van der Waals surface area contributed by atoms with E-state index in [-0.39, 0.29) is 17.7 Å². The molecule has 6 nitrogen and oxygen atoms in total. The number of aromatic nitrogens is 1. The Kier molecular flexibility index (Phi) is 7.92. The van der Waals surface area contributed by atoms with Crippen LogP contribution in [0.4, 0.5) is 0 Å². The fraction of sp³-hybridized carbons (Fsp3) is 0.0938. The van der Waals surface area contributed by atoms with Crippen molar-refractivity contribution in [3.8, 4) is 11.3 Å². The van der Waals surface area contributed by atoms with E-state index < -0.39 is 12.0 Å². The molecule has 5 aromatic rings. The number of nitrogens with zero attached hydrogens (tertiary/aromatic N) is 2. The lowest BCUT2D eigenvalue weighted by Gasteiger charge is -2.25. The van der Waals surface area contributed by atoms with Gasteiger partial charge in [-0.15, -0.1) is 0 Å². The molecule has 0 bridgehead atoms. The maximum Gasteiger partial charge on any atom is 0.338 e. The summed E-state index contributed by atoms with van der Waals surface area (Å²) in [6.45, 7) is 1.90. The van der Waals surface area contributed by atoms with Gasteiger partial charge in [-0.3, -0.25) is 9.36 Å². The topological polar surface area (TPSA) is 73.8 Å². The molecule has 6 rings (SSSR count). The number of carbonyl (C=O) groups excluding carboxylic acids is 1. The second-order valence-electron chi connectivity index (χ2n) is 9.31. The number of esters is 1. The van der Waals surface area contributed by atoms with Crippen molar-refractivity contribution in [1.82, 2.24) is 4.57 Å². The summed E-state index contributed by atoms with van der Waals surface area (Å²) in [5.41, 5.74) is 2.43. The van der Waals surface area contributed by atoms with Crippen molar-refractivity contribution in [3.05, 3.63) is 142 Å². The second kappa shape index (κ2) is 11.8. The average Bonchev–Trinajstić information content (AvgIpc) is 3.58. The van der Waals surface area contributed by atoms with Crippen LogP contribution in [0.2, 0.25) is 15.1 Å². The molecule has 0 spiro atoms. The van der Waals surface area contributed by atoms with Gasteiger partial charge < -0.3 is 9.15 Å². The summed E-state index contributed by atoms with van der Waals surface area (Å²) in [6.07, 6.45) is 1.65. The van der Waals surface area contributed by atoms with Crippen LogP contribution in [0.15, 0.2) is 105 Å². The fourth-order valence-electron chi connectivity index (χ4n) is 4.79. The third kappa shape index (κ3) is 5.37. The maximum atomic E-state index is 14.0. The predicted octanol–water partition coefficient (Wildman–Crippen LogP) is 7.16. The number of ether oxygens (including phenoxy) is 1. The number of thiazole rings is 1. The van der Waals surface area contributed by atoms with E-state index in [4.69, 9.17) is 48.9 Å². The SMILES string of the molecule is CCOC(=O)C1=C(c2ccccc2)N=c2s/c(=C\c3ccc(-c4cc(Cl)ccc4Cl)o3)c(=O)n2[C@@H]1c1ccc(Cl)cc1. The highest BCUT2D eigenvalue weighted by molar-refractivity contribution is 7.07. The first-order valence-corrected chi connectivity index (χ1v) is 14.9. The summed E-state index contributed by atoms with van der Waals surface area (Å²) in [7, 11) is 0. The minimum Gasteiger partial charge on any atom is -0.463 e. The van der Waals surface area contributed by atoms with E-state index in [1.165, 1.54) is 15.9 Å². The Labute approximate surface area is 259 Å². The molecular weight excluding hydrogens is 615 g/mol. The average molecular weight is 636 g/mol. The summed E-state index contributed by atoms with van der Waals surface area (Å²) in [5.74, 6) is 0.405. The van der Waals surface area contributed by atoms with Crippen LogP contribution in [0, 0.1) is 0 Å². The van der Waals surface area contributed by atoms with E-state index in [0.717, 1.165) is 5.56 Å². The number of furan rings is 1. The molecule has 1 atom stereocenters. The molecule has 0 N–H and O–H groups in total. The highest BCUT2D eigenvalue weighted by Gasteiger charge is 2.35. The van der Waals surface area contributed by atoms with Gasteiger partial charge in [0.2, 0.25) is 0 Å². The van der Waals surface area contributed by atoms with Crippen molar-refractivity contribution in [2.24, 2.45) is 4.99 Å². The van der Waals surface area contributed by atoms with E-state index in [9.17, 15) is 9.59 Å². The van der Waals surface area contributed by atoms with Crippen LogP contribution >= 0.6 is 46.1 Å². The van der Waals surface area contributed by atoms with Crippen molar-refractivity contribution in [2.75, 3.05) is 6.61 Å². The first-order chi connectivity index (χ1) is 20.3. The summed E-state index contributed by atoms with van der Waals surface area (Å²) in [4.78, 5) is 32.8. The van der Waals surface area contributed by atoms with E-state index in [2.05, 4.69) is 0 Å². The van der Waals surface area contributed by atoms with E-state index in [1.807, 2.05) is 30.3 Å². The minimum atomic E-state index is -0.799. The van der Waals surface area contributed by atoms with Crippen molar-refractivity contribution < 1.29 is 13.9 Å². The Morgan fingerprint density at radius 2 is 1.74 bits per heavy atom. The number of benzene rings is 3. The molecule has 0 unspecified atom stereocenters. The van der Waals surface area contributed by atoms with Gasteiger partial charge in [-0.25, -0.2) is 9.79 Å². The summed E-state index contributed by atoms with van der Waals surface area (Å²) in [5, 5.41) is 1.54. The zero-order valence-corrected chi connectivity index (χ0v) is 25.1. The predicted molar refractivity (Wildman–Crippen MR) is 167 cm³/mol. The van der Waals surface area contributed by atoms with E-state index >= 15 is 0 Å². The minimum absolute atomic E-state index is 0.166. The van der Waals surface area contributed by atoms with Gasteiger partial charge in [-0.2, -0.15) is 0 Å². The van der Waals surface area contributed by atoms with Crippen molar-refractivity contribution in [1.29, 1.82) is 0 Å². The summed E-state index contributed by atoms with van der Waals surface area (Å²) < 4.78 is 13.4. The molecule has 3 heterocycles. The number of fused-ring (bicyclic) bond motifs is 1. The Morgan fingerprint density at radius 1 is 1.00 bits per heavy atom. The summed E-state index contributed by atoms with van der Waals surface area (Å²) >= 11 is 19.9. The molecule has 0 saturated carbocycles. The van der Waals surface area contributed by atoms with Gasteiger partial charge in [-0.1, -0.05) is 88.6 Å². The van der Waals surface area contributed by atoms with Gasteiger partial charge in [0.15, 0.2) is 4.80 Å². The number of hydrogen-bond donors (Lipinski definition) is 0. The van der Waals surface area contributed by atoms with Crippen LogP contribution in [-0.4, -0.2) is 17.1 Å². The van der Waals surface area contributed by atoms with Gasteiger partial charge in [0.05, 0.1) is 33.5 Å². The molecule has 0 amide bonds. The van der Waals surface area contributed by atoms with Crippen LogP contribution in [0.3, 0.4) is 0 Å². The maximum absolute atomic E-state index is 14.0. The molecule has 3 aromatic carbocycles. The van der Waals surface area contributed by atoms with Gasteiger partial charge in [0.25, 0.3) is 5.56 Å². The molecule has 2 aromatic heterocycles. The molecule has 1 aliphatic heterocycles. The van der Waals surface area contributed by atoms with Crippen LogP contribution in [0.1, 0.15) is 29.9 Å². The van der Waals surface area contributed by atoms with Gasteiger partial charge in [0, 0.05) is 27.2 Å². The first-order valence-electron chi connectivity index (χ1n) is 12.9. The third-order valence-electron chi connectivity index (χ3n) is 6.65. The lowest BCUT2D eigenvalue weighted by molar-refractivity contribution is -0.138. The molecule has 0 fully saturated rings. The number of rotatable bonds is 6. The van der Waals surface area contributed by atoms with E-state index in [1.54, 1.807) is 67.6 Å². The van der Waals surface area contributed by atoms with E-state index in [0.29, 0.717) is 52.7 Å². The molecule has 0 aliphatic carbocycles. The Morgan fingerprint density at radius 3 is 2.48 bits per heavy atom. The molecule has 210 valence electrons. The second-order valence-corrected chi connectivity index (χ2v) is 11.6. The molecule has 10 heteroatoms. The number of hydrogen-bond acceptors (Lipinski definition) is 6. The van der Waals surface area contributed by atoms with Crippen LogP contribution in [0.5, 0.6) is 0 Å². The largest absolute Gasteiger partial charge is 0.463 e. The Balaban J connectivity index is 1.56. The zero-order valence-electron chi connectivity index (χ0n) is 22.0. The molecular formula is C32H21Cl3N2O4S. The molecule has 1 aliphatic rings. The monoisotopic (exact) mass is 634 g/mol. The lowest BCUT2D eigenvalue weighted by atomic mass is 9.93. The standard InChI is InChI=1S/C32H21Cl3N2O4S/c1-2-40-31(39)27-28(18-6-4-3-5-7-18)36-32-37(29(27)19-8-10-20(33)11-9-19)30(38)26(42-32)17-22-13-15-25(41-22)23-16-21(34)12-14-24(23)35/h3-17,29H,2H2,1H3/b26-17-/t29-/m1/s1. The quantitative estimate of drug-likeness (QED) is 0.186. The first kappa shape index (κ1) is 28.2. The third-order valence-corrected chi connectivity index (χ3v) is 8.45. The van der Waals surface area contributed by atoms with Crippen LogP contribution in [0.25, 0.3) is 23.1 Å². The zero-order chi connectivity index (χ0) is 29.4. The van der Waals surface area contributed by atoms with Gasteiger partial charge in [-0.05, 0) is 55.0 Å². The molecule has 0 radical (unpaired) electrons. The van der Waals surface area contributed by atoms with Crippen molar-refractivity contribution in [3.63, 3.8) is 0 Å². The van der Waals surface area contributed by atoms with Crippen LogP contribution in [-0.2, 0) is 9.53 Å². The van der Waals surface area contributed by atoms with Crippen molar-refractivity contribution >= 4 is 63.9 Å². The van der Waals surface area contributed by atoms with Gasteiger partial charge in [0.1, 0.15) is 11.5 Å². The normalized spacial score (nSPS) is 15.0. The number of halogens is 3. The highest BCUT2D eigenvalue weighted by atomic mass is 35.5. The van der Waals surface area contributed by atoms with Gasteiger partial charge >= 0.3 is 5.97 Å². The molecule has 0 saturated heterocycles. The summed E-state index contributed by atoms with van der Waals surface area (Å²) in [6, 6.07) is 24.2.